The molecule has 174 valence electrons. The van der Waals surface area contributed by atoms with Gasteiger partial charge in [-0.2, -0.15) is 0 Å². The Hall–Kier alpha value is -3.28. The van der Waals surface area contributed by atoms with E-state index in [2.05, 4.69) is 105 Å². The van der Waals surface area contributed by atoms with Crippen LogP contribution in [0.15, 0.2) is 71.2 Å². The first-order valence-electron chi connectivity index (χ1n) is 12.4. The lowest BCUT2D eigenvalue weighted by atomic mass is 9.79. The normalized spacial score (nSPS) is 18.7. The molecule has 0 saturated carbocycles. The van der Waals surface area contributed by atoms with Crippen molar-refractivity contribution < 1.29 is 13.7 Å². The SMILES string of the molecule is CC1(C)OB(c2ccc3c4c5oc6c(c5ccc4n(-c4ccccc4)c3c2)C=CCC6)OC1(C)C. The van der Waals surface area contributed by atoms with Gasteiger partial charge in [-0.15, -0.1) is 0 Å². The molecule has 1 aliphatic carbocycles. The molecule has 3 heterocycles. The number of fused-ring (bicyclic) bond motifs is 7. The Morgan fingerprint density at radius 1 is 0.829 bits per heavy atom. The Balaban J connectivity index is 1.53. The predicted octanol–water partition coefficient (Wildman–Crippen LogP) is 6.79. The molecule has 0 amide bonds. The zero-order valence-corrected chi connectivity index (χ0v) is 20.6. The van der Waals surface area contributed by atoms with Crippen molar-refractivity contribution in [2.45, 2.75) is 51.7 Å². The monoisotopic (exact) mass is 461 g/mol. The summed E-state index contributed by atoms with van der Waals surface area (Å²) in [6.07, 6.45) is 6.43. The van der Waals surface area contributed by atoms with E-state index in [1.807, 2.05) is 0 Å². The third kappa shape index (κ3) is 2.95. The molecule has 5 heteroatoms. The molecule has 5 aromatic rings. The number of nitrogens with zero attached hydrogens (tertiary/aromatic N) is 1. The first-order chi connectivity index (χ1) is 16.8. The number of allylic oxidation sites excluding steroid dienone is 1. The Kier molecular flexibility index (Phi) is 4.28. The summed E-state index contributed by atoms with van der Waals surface area (Å²) in [6.45, 7) is 8.37. The molecule has 0 spiro atoms. The van der Waals surface area contributed by atoms with Crippen LogP contribution in [0.1, 0.15) is 45.4 Å². The minimum absolute atomic E-state index is 0.383. The predicted molar refractivity (Wildman–Crippen MR) is 144 cm³/mol. The van der Waals surface area contributed by atoms with Gasteiger partial charge in [-0.3, -0.25) is 0 Å². The van der Waals surface area contributed by atoms with E-state index in [-0.39, 0.29) is 11.2 Å². The van der Waals surface area contributed by atoms with Crippen LogP contribution < -0.4 is 5.46 Å². The molecule has 2 aliphatic rings. The van der Waals surface area contributed by atoms with Crippen molar-refractivity contribution >= 4 is 51.4 Å². The van der Waals surface area contributed by atoms with Gasteiger partial charge in [0.05, 0.1) is 27.6 Å². The molecule has 4 nitrogen and oxygen atoms in total. The fourth-order valence-electron chi connectivity index (χ4n) is 5.51. The molecule has 0 atom stereocenters. The summed E-state index contributed by atoms with van der Waals surface area (Å²) >= 11 is 0. The number of furan rings is 1. The summed E-state index contributed by atoms with van der Waals surface area (Å²) < 4.78 is 21.6. The summed E-state index contributed by atoms with van der Waals surface area (Å²) in [5, 5.41) is 3.51. The fraction of sp³-hybridized carbons (Fsp3) is 0.267. The second-order valence-corrected chi connectivity index (χ2v) is 10.8. The number of benzene rings is 3. The molecular formula is C30H28BNO3. The first kappa shape index (κ1) is 21.0. The van der Waals surface area contributed by atoms with Gasteiger partial charge < -0.3 is 18.3 Å². The fourth-order valence-corrected chi connectivity index (χ4v) is 5.51. The minimum Gasteiger partial charge on any atom is -0.460 e. The zero-order valence-electron chi connectivity index (χ0n) is 20.6. The van der Waals surface area contributed by atoms with E-state index in [9.17, 15) is 0 Å². The first-order valence-corrected chi connectivity index (χ1v) is 12.4. The van der Waals surface area contributed by atoms with Crippen LogP contribution in [0.4, 0.5) is 0 Å². The minimum atomic E-state index is -0.410. The second kappa shape index (κ2) is 7.13. The summed E-state index contributed by atoms with van der Waals surface area (Å²) in [4.78, 5) is 0. The lowest BCUT2D eigenvalue weighted by molar-refractivity contribution is 0.00578. The van der Waals surface area contributed by atoms with E-state index in [4.69, 9.17) is 13.7 Å². The van der Waals surface area contributed by atoms with E-state index >= 15 is 0 Å². The van der Waals surface area contributed by atoms with Crippen LogP contribution in [0.25, 0.3) is 44.5 Å². The number of aryl methyl sites for hydroxylation is 1. The zero-order chi connectivity index (χ0) is 23.9. The van der Waals surface area contributed by atoms with Gasteiger partial charge in [0.25, 0.3) is 0 Å². The quantitative estimate of drug-likeness (QED) is 0.272. The van der Waals surface area contributed by atoms with Gasteiger partial charge in [0.2, 0.25) is 0 Å². The van der Waals surface area contributed by atoms with Crippen LogP contribution in [0, 0.1) is 0 Å². The van der Waals surface area contributed by atoms with E-state index in [1.54, 1.807) is 0 Å². The number of hydrogen-bond donors (Lipinski definition) is 0. The summed E-state index contributed by atoms with van der Waals surface area (Å²) in [6, 6.07) is 21.5. The second-order valence-electron chi connectivity index (χ2n) is 10.8. The number of para-hydroxylation sites is 1. The maximum Gasteiger partial charge on any atom is 0.494 e. The Bertz CT molecular complexity index is 1640. The molecule has 1 aliphatic heterocycles. The van der Waals surface area contributed by atoms with Crippen molar-refractivity contribution in [1.82, 2.24) is 4.57 Å². The topological polar surface area (TPSA) is 36.5 Å². The average molecular weight is 461 g/mol. The number of rotatable bonds is 2. The van der Waals surface area contributed by atoms with Gasteiger partial charge in [-0.05, 0) is 69.9 Å². The van der Waals surface area contributed by atoms with Crippen molar-refractivity contribution in [3.63, 3.8) is 0 Å². The van der Waals surface area contributed by atoms with E-state index in [0.717, 1.165) is 51.8 Å². The maximum absolute atomic E-state index is 6.53. The maximum atomic E-state index is 6.53. The molecule has 0 bridgehead atoms. The number of hydrogen-bond acceptors (Lipinski definition) is 3. The molecule has 0 N–H and O–H groups in total. The Morgan fingerprint density at radius 3 is 2.34 bits per heavy atom. The van der Waals surface area contributed by atoms with Crippen LogP contribution in [0.3, 0.4) is 0 Å². The standard InChI is InChI=1S/C30H28BNO3/c1-29(2)30(3,4)35-31(34-29)19-14-15-23-25(18-19)32(20-10-6-5-7-11-20)24-17-16-22-21-12-8-9-13-26(21)33-28(22)27(23)24/h5-8,10-12,14-18H,9,13H2,1-4H3. The highest BCUT2D eigenvalue weighted by Crippen LogP contribution is 2.41. The Labute approximate surface area is 205 Å². The van der Waals surface area contributed by atoms with Crippen molar-refractivity contribution in [3.05, 3.63) is 78.1 Å². The van der Waals surface area contributed by atoms with Crippen molar-refractivity contribution in [3.8, 4) is 5.69 Å². The molecule has 7 rings (SSSR count). The highest BCUT2D eigenvalue weighted by Gasteiger charge is 2.51. The molecule has 0 radical (unpaired) electrons. The summed E-state index contributed by atoms with van der Waals surface area (Å²) in [7, 11) is -0.410. The van der Waals surface area contributed by atoms with Gasteiger partial charge in [-0.1, -0.05) is 42.5 Å². The molecule has 0 unspecified atom stereocenters. The molecule has 1 saturated heterocycles. The van der Waals surface area contributed by atoms with Gasteiger partial charge in [0.15, 0.2) is 0 Å². The lowest BCUT2D eigenvalue weighted by Crippen LogP contribution is -2.41. The van der Waals surface area contributed by atoms with E-state index < -0.39 is 7.12 Å². The Morgan fingerprint density at radius 2 is 1.57 bits per heavy atom. The third-order valence-corrected chi connectivity index (χ3v) is 8.09. The van der Waals surface area contributed by atoms with Gasteiger partial charge in [0.1, 0.15) is 11.3 Å². The largest absolute Gasteiger partial charge is 0.494 e. The van der Waals surface area contributed by atoms with Crippen LogP contribution in [-0.2, 0) is 15.7 Å². The van der Waals surface area contributed by atoms with E-state index in [1.165, 1.54) is 16.3 Å². The average Bonchev–Trinajstić information content (AvgIpc) is 3.45. The molecular weight excluding hydrogens is 433 g/mol. The van der Waals surface area contributed by atoms with Gasteiger partial charge in [0, 0.05) is 28.4 Å². The van der Waals surface area contributed by atoms with E-state index in [0.29, 0.717) is 0 Å². The lowest BCUT2D eigenvalue weighted by Gasteiger charge is -2.32. The van der Waals surface area contributed by atoms with Gasteiger partial charge >= 0.3 is 7.12 Å². The van der Waals surface area contributed by atoms with Crippen LogP contribution >= 0.6 is 0 Å². The molecule has 35 heavy (non-hydrogen) atoms. The van der Waals surface area contributed by atoms with Crippen molar-refractivity contribution in [2.24, 2.45) is 0 Å². The molecule has 1 fully saturated rings. The highest BCUT2D eigenvalue weighted by atomic mass is 16.7. The number of aromatic nitrogens is 1. The summed E-state index contributed by atoms with van der Waals surface area (Å²) in [5.74, 6) is 1.09. The molecule has 3 aromatic carbocycles. The van der Waals surface area contributed by atoms with Crippen LogP contribution in [-0.4, -0.2) is 22.9 Å². The smallest absolute Gasteiger partial charge is 0.460 e. The third-order valence-electron chi connectivity index (χ3n) is 8.09. The van der Waals surface area contributed by atoms with Crippen LogP contribution in [0.5, 0.6) is 0 Å². The van der Waals surface area contributed by atoms with Gasteiger partial charge in [-0.25, -0.2) is 0 Å². The highest BCUT2D eigenvalue weighted by molar-refractivity contribution is 6.62. The van der Waals surface area contributed by atoms with Crippen LogP contribution in [0.2, 0.25) is 0 Å². The van der Waals surface area contributed by atoms with Crippen molar-refractivity contribution in [1.29, 1.82) is 0 Å². The molecule has 2 aromatic heterocycles. The summed E-state index contributed by atoms with van der Waals surface area (Å²) in [5.41, 5.74) is 5.83. The van der Waals surface area contributed by atoms with Crippen molar-refractivity contribution in [2.75, 3.05) is 0 Å².